The molecule has 0 aliphatic heterocycles. The highest BCUT2D eigenvalue weighted by Crippen LogP contribution is 2.61. The van der Waals surface area contributed by atoms with Gasteiger partial charge in [-0.2, -0.15) is 5.26 Å². The van der Waals surface area contributed by atoms with E-state index in [2.05, 4.69) is 12.6 Å². The van der Waals surface area contributed by atoms with E-state index in [0.717, 1.165) is 24.2 Å². The molecule has 3 saturated carbocycles. The van der Waals surface area contributed by atoms with Gasteiger partial charge in [0, 0.05) is 0 Å². The highest BCUT2D eigenvalue weighted by Gasteiger charge is 2.54. The van der Waals surface area contributed by atoms with Crippen LogP contribution in [-0.4, -0.2) is 0 Å². The van der Waals surface area contributed by atoms with E-state index in [4.69, 9.17) is 5.26 Å². The molecular weight excluding hydrogens is 158 g/mol. The molecule has 0 aromatic rings. The van der Waals surface area contributed by atoms with Gasteiger partial charge < -0.3 is 0 Å². The molecule has 3 fully saturated rings. The van der Waals surface area contributed by atoms with Crippen molar-refractivity contribution in [2.24, 2.45) is 29.6 Å². The molecule has 13 heavy (non-hydrogen) atoms. The highest BCUT2D eigenvalue weighted by molar-refractivity contribution is 5.23. The maximum absolute atomic E-state index is 9.07. The lowest BCUT2D eigenvalue weighted by Gasteiger charge is -2.26. The van der Waals surface area contributed by atoms with Crippen LogP contribution in [0.5, 0.6) is 0 Å². The lowest BCUT2D eigenvalue weighted by Crippen LogP contribution is -2.21. The second-order valence-corrected chi connectivity index (χ2v) is 5.03. The van der Waals surface area contributed by atoms with Gasteiger partial charge >= 0.3 is 0 Å². The molecule has 3 aliphatic rings. The smallest absolute Gasteiger partial charge is 0.0662 e. The predicted octanol–water partition coefficient (Wildman–Crippen LogP) is 2.75. The van der Waals surface area contributed by atoms with E-state index in [0.29, 0.717) is 11.8 Å². The molecular formula is C12H15N. The van der Waals surface area contributed by atoms with Crippen molar-refractivity contribution >= 4 is 0 Å². The van der Waals surface area contributed by atoms with Gasteiger partial charge in [-0.25, -0.2) is 0 Å². The molecule has 0 amide bonds. The van der Waals surface area contributed by atoms with E-state index in [-0.39, 0.29) is 0 Å². The van der Waals surface area contributed by atoms with Crippen LogP contribution in [-0.2, 0) is 0 Å². The van der Waals surface area contributed by atoms with E-state index in [1.165, 1.54) is 24.8 Å². The van der Waals surface area contributed by atoms with Gasteiger partial charge in [0.25, 0.3) is 0 Å². The van der Waals surface area contributed by atoms with Gasteiger partial charge in [-0.05, 0) is 49.4 Å². The van der Waals surface area contributed by atoms with Crippen molar-refractivity contribution < 1.29 is 0 Å². The fourth-order valence-corrected chi connectivity index (χ4v) is 4.21. The van der Waals surface area contributed by atoms with Crippen molar-refractivity contribution in [3.05, 3.63) is 12.2 Å². The first kappa shape index (κ1) is 7.62. The number of allylic oxidation sites excluding steroid dienone is 1. The van der Waals surface area contributed by atoms with Gasteiger partial charge in [0.15, 0.2) is 0 Å². The average molecular weight is 173 g/mol. The Hall–Kier alpha value is -0.770. The number of hydrogen-bond acceptors (Lipinski definition) is 1. The number of nitriles is 1. The molecule has 0 saturated heterocycles. The van der Waals surface area contributed by atoms with E-state index < -0.39 is 0 Å². The molecule has 3 aliphatic carbocycles. The fraction of sp³-hybridized carbons (Fsp3) is 0.750. The largest absolute Gasteiger partial charge is 0.198 e. The van der Waals surface area contributed by atoms with Crippen molar-refractivity contribution in [2.45, 2.75) is 25.7 Å². The maximum Gasteiger partial charge on any atom is 0.0662 e. The summed E-state index contributed by atoms with van der Waals surface area (Å²) in [5.74, 6) is 3.53. The van der Waals surface area contributed by atoms with E-state index in [1.54, 1.807) is 0 Å². The number of hydrogen-bond donors (Lipinski definition) is 0. The van der Waals surface area contributed by atoms with Gasteiger partial charge in [-0.3, -0.25) is 0 Å². The van der Waals surface area contributed by atoms with Crippen LogP contribution in [0.4, 0.5) is 0 Å². The Kier molecular flexibility index (Phi) is 1.39. The third-order valence-electron chi connectivity index (χ3n) is 4.56. The summed E-state index contributed by atoms with van der Waals surface area (Å²) in [6.07, 6.45) is 5.19. The quantitative estimate of drug-likeness (QED) is 0.517. The Labute approximate surface area is 79.4 Å². The molecule has 68 valence electrons. The fourth-order valence-electron chi connectivity index (χ4n) is 4.21. The van der Waals surface area contributed by atoms with Gasteiger partial charge in [-0.15, -0.1) is 0 Å². The monoisotopic (exact) mass is 173 g/mol. The minimum atomic E-state index is 0.313. The lowest BCUT2D eigenvalue weighted by molar-refractivity contribution is 0.252. The average Bonchev–Trinajstić information content (AvgIpc) is 2.76. The highest BCUT2D eigenvalue weighted by atomic mass is 14.6. The molecule has 0 spiro atoms. The summed E-state index contributed by atoms with van der Waals surface area (Å²) in [5, 5.41) is 9.07. The Morgan fingerprint density at radius 2 is 2.08 bits per heavy atom. The maximum atomic E-state index is 9.07. The van der Waals surface area contributed by atoms with Crippen molar-refractivity contribution in [3.63, 3.8) is 0 Å². The normalized spacial score (nSPS) is 52.2. The molecule has 1 heteroatoms. The summed E-state index contributed by atoms with van der Waals surface area (Å²) in [4.78, 5) is 0. The van der Waals surface area contributed by atoms with Crippen LogP contribution in [0.1, 0.15) is 25.7 Å². The zero-order valence-electron chi connectivity index (χ0n) is 7.87. The van der Waals surface area contributed by atoms with E-state index in [1.807, 2.05) is 0 Å². The van der Waals surface area contributed by atoms with Crippen LogP contribution >= 0.6 is 0 Å². The van der Waals surface area contributed by atoms with Crippen molar-refractivity contribution in [3.8, 4) is 6.07 Å². The van der Waals surface area contributed by atoms with Crippen molar-refractivity contribution in [1.82, 2.24) is 0 Å². The first-order chi connectivity index (χ1) is 6.31. The third kappa shape index (κ3) is 0.817. The second-order valence-electron chi connectivity index (χ2n) is 5.03. The Bertz CT molecular complexity index is 299. The predicted molar refractivity (Wildman–Crippen MR) is 50.7 cm³/mol. The third-order valence-corrected chi connectivity index (χ3v) is 4.56. The van der Waals surface area contributed by atoms with Gasteiger partial charge in [0.05, 0.1) is 12.0 Å². The topological polar surface area (TPSA) is 23.8 Å². The second kappa shape index (κ2) is 2.38. The van der Waals surface area contributed by atoms with Crippen LogP contribution in [0, 0.1) is 40.9 Å². The minimum absolute atomic E-state index is 0.313. The molecule has 2 bridgehead atoms. The molecule has 5 atom stereocenters. The molecule has 0 aromatic heterocycles. The number of rotatable bonds is 0. The van der Waals surface area contributed by atoms with Crippen molar-refractivity contribution in [1.29, 1.82) is 5.26 Å². The standard InChI is InChI=1S/C12H15N/c1-7-4-10(6-13)12-9-3-2-8(5-9)11(7)12/h8-12H,1-5H2. The van der Waals surface area contributed by atoms with E-state index in [9.17, 15) is 0 Å². The van der Waals surface area contributed by atoms with Crippen LogP contribution in [0.25, 0.3) is 0 Å². The molecule has 0 N–H and O–H groups in total. The molecule has 3 rings (SSSR count). The van der Waals surface area contributed by atoms with E-state index >= 15 is 0 Å². The first-order valence-electron chi connectivity index (χ1n) is 5.38. The summed E-state index contributed by atoms with van der Waals surface area (Å²) in [6, 6.07) is 2.49. The molecule has 5 unspecified atom stereocenters. The van der Waals surface area contributed by atoms with Gasteiger partial charge in [0.2, 0.25) is 0 Å². The Morgan fingerprint density at radius 3 is 2.85 bits per heavy atom. The molecule has 0 heterocycles. The molecule has 0 aromatic carbocycles. The molecule has 0 radical (unpaired) electrons. The summed E-state index contributed by atoms with van der Waals surface area (Å²) < 4.78 is 0. The van der Waals surface area contributed by atoms with Crippen molar-refractivity contribution in [2.75, 3.05) is 0 Å². The summed E-state index contributed by atoms with van der Waals surface area (Å²) in [5.41, 5.74) is 1.39. The van der Waals surface area contributed by atoms with Gasteiger partial charge in [0.1, 0.15) is 0 Å². The SMILES string of the molecule is C=C1CC(C#N)C2C3CCC(C3)C12. The summed E-state index contributed by atoms with van der Waals surface area (Å²) >= 11 is 0. The molecule has 1 nitrogen and oxygen atoms in total. The van der Waals surface area contributed by atoms with Crippen LogP contribution in [0.2, 0.25) is 0 Å². The van der Waals surface area contributed by atoms with Crippen LogP contribution in [0.15, 0.2) is 12.2 Å². The zero-order valence-corrected chi connectivity index (χ0v) is 7.87. The lowest BCUT2D eigenvalue weighted by atomic mass is 9.78. The summed E-state index contributed by atoms with van der Waals surface area (Å²) in [7, 11) is 0. The first-order valence-corrected chi connectivity index (χ1v) is 5.38. The van der Waals surface area contributed by atoms with Gasteiger partial charge in [-0.1, -0.05) is 12.2 Å². The minimum Gasteiger partial charge on any atom is -0.198 e. The number of fused-ring (bicyclic) bond motifs is 5. The Morgan fingerprint density at radius 1 is 1.31 bits per heavy atom. The van der Waals surface area contributed by atoms with Crippen LogP contribution in [0.3, 0.4) is 0 Å². The zero-order chi connectivity index (χ0) is 9.00. The number of nitrogens with zero attached hydrogens (tertiary/aromatic N) is 1. The summed E-state index contributed by atoms with van der Waals surface area (Å²) in [6.45, 7) is 4.16. The van der Waals surface area contributed by atoms with Crippen LogP contribution < -0.4 is 0 Å². The Balaban J connectivity index is 1.98.